The first kappa shape index (κ1) is 14.2. The summed E-state index contributed by atoms with van der Waals surface area (Å²) < 4.78 is 12.3. The second-order valence-corrected chi connectivity index (χ2v) is 7.28. The molecule has 3 nitrogen and oxygen atoms in total. The van der Waals surface area contributed by atoms with E-state index in [0.29, 0.717) is 24.0 Å². The van der Waals surface area contributed by atoms with E-state index in [1.807, 2.05) is 25.2 Å². The van der Waals surface area contributed by atoms with Crippen molar-refractivity contribution in [1.29, 1.82) is 0 Å². The topological polar surface area (TPSA) is 30.5 Å². The number of hydrogen-bond acceptors (Lipinski definition) is 4. The van der Waals surface area contributed by atoms with Gasteiger partial charge in [-0.25, -0.2) is 0 Å². The third-order valence-corrected chi connectivity index (χ3v) is 5.16. The Morgan fingerprint density at radius 1 is 1.25 bits per heavy atom. The summed E-state index contributed by atoms with van der Waals surface area (Å²) in [7, 11) is 1.92. The molecule has 0 aliphatic carbocycles. The summed E-state index contributed by atoms with van der Waals surface area (Å²) in [6.07, 6.45) is 0. The van der Waals surface area contributed by atoms with Crippen LogP contribution in [-0.4, -0.2) is 20.3 Å². The molecule has 0 saturated heterocycles. The van der Waals surface area contributed by atoms with Crippen LogP contribution in [0.25, 0.3) is 0 Å². The van der Waals surface area contributed by atoms with Gasteiger partial charge in [0.15, 0.2) is 11.5 Å². The van der Waals surface area contributed by atoms with Gasteiger partial charge in [-0.05, 0) is 46.7 Å². The number of benzene rings is 1. The maximum absolute atomic E-state index is 6.41. The summed E-state index contributed by atoms with van der Waals surface area (Å²) in [6.45, 7) is 1.14. The highest BCUT2D eigenvalue weighted by atomic mass is 79.9. The van der Waals surface area contributed by atoms with Crippen LogP contribution in [0.3, 0.4) is 0 Å². The van der Waals surface area contributed by atoms with Crippen molar-refractivity contribution in [2.24, 2.45) is 0 Å². The quantitative estimate of drug-likeness (QED) is 0.871. The van der Waals surface area contributed by atoms with Gasteiger partial charge in [0, 0.05) is 16.0 Å². The van der Waals surface area contributed by atoms with Crippen LogP contribution in [-0.2, 0) is 0 Å². The van der Waals surface area contributed by atoms with E-state index in [4.69, 9.17) is 21.1 Å². The van der Waals surface area contributed by atoms with Crippen LogP contribution in [0.15, 0.2) is 28.1 Å². The molecule has 0 fully saturated rings. The van der Waals surface area contributed by atoms with Crippen LogP contribution >= 0.6 is 38.9 Å². The van der Waals surface area contributed by atoms with Crippen molar-refractivity contribution in [2.75, 3.05) is 20.3 Å². The SMILES string of the molecule is CNC(c1ccc(Br)s1)c1cc2c(cc1Cl)OCCO2. The summed E-state index contributed by atoms with van der Waals surface area (Å²) in [6, 6.07) is 7.96. The molecule has 0 spiro atoms. The second kappa shape index (κ2) is 5.93. The molecular formula is C14H13BrClNO2S. The smallest absolute Gasteiger partial charge is 0.162 e. The predicted octanol–water partition coefficient (Wildman–Crippen LogP) is 4.24. The Morgan fingerprint density at radius 2 is 1.95 bits per heavy atom. The Hall–Kier alpha value is -0.750. The van der Waals surface area contributed by atoms with E-state index in [1.54, 1.807) is 11.3 Å². The Bertz CT molecular complexity index is 632. The number of halogens is 2. The third kappa shape index (κ3) is 2.68. The summed E-state index contributed by atoms with van der Waals surface area (Å²) in [5.41, 5.74) is 0.993. The molecule has 1 aromatic heterocycles. The molecule has 2 aromatic rings. The molecule has 1 aliphatic rings. The number of hydrogen-bond donors (Lipinski definition) is 1. The highest BCUT2D eigenvalue weighted by Crippen LogP contribution is 2.40. The van der Waals surface area contributed by atoms with Crippen molar-refractivity contribution in [3.8, 4) is 11.5 Å². The van der Waals surface area contributed by atoms with Crippen molar-refractivity contribution in [1.82, 2.24) is 5.32 Å². The zero-order valence-corrected chi connectivity index (χ0v) is 13.9. The summed E-state index contributed by atoms with van der Waals surface area (Å²) in [5, 5.41) is 3.98. The van der Waals surface area contributed by atoms with E-state index < -0.39 is 0 Å². The van der Waals surface area contributed by atoms with Gasteiger partial charge in [-0.1, -0.05) is 11.6 Å². The Labute approximate surface area is 135 Å². The molecule has 1 aromatic carbocycles. The molecule has 0 bridgehead atoms. The highest BCUT2D eigenvalue weighted by molar-refractivity contribution is 9.11. The molecule has 0 saturated carbocycles. The van der Waals surface area contributed by atoms with Crippen molar-refractivity contribution >= 4 is 38.9 Å². The number of rotatable bonds is 3. The van der Waals surface area contributed by atoms with Gasteiger partial charge < -0.3 is 14.8 Å². The van der Waals surface area contributed by atoms with Crippen LogP contribution < -0.4 is 14.8 Å². The van der Waals surface area contributed by atoms with E-state index >= 15 is 0 Å². The first-order valence-corrected chi connectivity index (χ1v) is 8.19. The lowest BCUT2D eigenvalue weighted by Gasteiger charge is -2.22. The Kier molecular flexibility index (Phi) is 4.21. The van der Waals surface area contributed by atoms with Crippen LogP contribution in [0.2, 0.25) is 5.02 Å². The Morgan fingerprint density at radius 3 is 2.55 bits per heavy atom. The molecule has 6 heteroatoms. The molecule has 0 radical (unpaired) electrons. The molecule has 1 aliphatic heterocycles. The van der Waals surface area contributed by atoms with Gasteiger partial charge >= 0.3 is 0 Å². The van der Waals surface area contributed by atoms with Gasteiger partial charge in [-0.15, -0.1) is 11.3 Å². The van der Waals surface area contributed by atoms with Crippen molar-refractivity contribution in [2.45, 2.75) is 6.04 Å². The number of thiophene rings is 1. The van der Waals surface area contributed by atoms with E-state index in [9.17, 15) is 0 Å². The van der Waals surface area contributed by atoms with Crippen LogP contribution in [0.5, 0.6) is 11.5 Å². The zero-order chi connectivity index (χ0) is 14.1. The highest BCUT2D eigenvalue weighted by Gasteiger charge is 2.22. The third-order valence-electron chi connectivity index (χ3n) is 3.14. The maximum Gasteiger partial charge on any atom is 0.162 e. The van der Waals surface area contributed by atoms with Gasteiger partial charge in [0.1, 0.15) is 13.2 Å². The van der Waals surface area contributed by atoms with Crippen molar-refractivity contribution in [3.05, 3.63) is 43.5 Å². The van der Waals surface area contributed by atoms with Gasteiger partial charge in [0.25, 0.3) is 0 Å². The fourth-order valence-corrected chi connectivity index (χ4v) is 4.05. The Balaban J connectivity index is 2.03. The summed E-state index contributed by atoms with van der Waals surface area (Å²) >= 11 is 11.6. The van der Waals surface area contributed by atoms with E-state index in [1.165, 1.54) is 4.88 Å². The summed E-state index contributed by atoms with van der Waals surface area (Å²) in [5.74, 6) is 1.47. The van der Waals surface area contributed by atoms with E-state index in [0.717, 1.165) is 15.1 Å². The molecule has 0 amide bonds. The minimum Gasteiger partial charge on any atom is -0.486 e. The fourth-order valence-electron chi connectivity index (χ4n) is 2.24. The molecular weight excluding hydrogens is 362 g/mol. The standard InChI is InChI=1S/C14H13BrClNO2S/c1-17-14(12-2-3-13(15)20-12)8-6-10-11(7-9(8)16)19-5-4-18-10/h2-3,6-7,14,17H,4-5H2,1H3. The normalized spacial score (nSPS) is 15.2. The van der Waals surface area contributed by atoms with Gasteiger partial charge in [0.05, 0.1) is 9.83 Å². The lowest BCUT2D eigenvalue weighted by Crippen LogP contribution is -2.19. The average Bonchev–Trinajstić information content (AvgIpc) is 2.86. The molecule has 3 rings (SSSR count). The summed E-state index contributed by atoms with van der Waals surface area (Å²) in [4.78, 5) is 1.19. The van der Waals surface area contributed by atoms with Crippen LogP contribution in [0.4, 0.5) is 0 Å². The molecule has 2 heterocycles. The first-order valence-electron chi connectivity index (χ1n) is 6.20. The van der Waals surface area contributed by atoms with E-state index in [-0.39, 0.29) is 6.04 Å². The molecule has 1 N–H and O–H groups in total. The zero-order valence-electron chi connectivity index (χ0n) is 10.8. The number of fused-ring (bicyclic) bond motifs is 1. The fraction of sp³-hybridized carbons (Fsp3) is 0.286. The van der Waals surface area contributed by atoms with Gasteiger partial charge in [-0.2, -0.15) is 0 Å². The minimum atomic E-state index is 0.0367. The lowest BCUT2D eigenvalue weighted by molar-refractivity contribution is 0.171. The van der Waals surface area contributed by atoms with Crippen LogP contribution in [0.1, 0.15) is 16.5 Å². The monoisotopic (exact) mass is 373 g/mol. The second-order valence-electron chi connectivity index (χ2n) is 4.38. The van der Waals surface area contributed by atoms with E-state index in [2.05, 4.69) is 27.3 Å². The molecule has 20 heavy (non-hydrogen) atoms. The number of nitrogens with one attached hydrogen (secondary N) is 1. The van der Waals surface area contributed by atoms with Crippen LogP contribution in [0, 0.1) is 0 Å². The average molecular weight is 375 g/mol. The van der Waals surface area contributed by atoms with Crippen molar-refractivity contribution in [3.63, 3.8) is 0 Å². The van der Waals surface area contributed by atoms with Gasteiger partial charge in [0.2, 0.25) is 0 Å². The van der Waals surface area contributed by atoms with Gasteiger partial charge in [-0.3, -0.25) is 0 Å². The minimum absolute atomic E-state index is 0.0367. The molecule has 1 unspecified atom stereocenters. The first-order chi connectivity index (χ1) is 9.69. The largest absolute Gasteiger partial charge is 0.486 e. The molecule has 106 valence electrons. The molecule has 1 atom stereocenters. The number of ether oxygens (including phenoxy) is 2. The maximum atomic E-state index is 6.41. The van der Waals surface area contributed by atoms with Crippen molar-refractivity contribution < 1.29 is 9.47 Å². The predicted molar refractivity (Wildman–Crippen MR) is 85.4 cm³/mol. The lowest BCUT2D eigenvalue weighted by atomic mass is 10.0.